The maximum Gasteiger partial charge on any atom is 0.242 e. The summed E-state index contributed by atoms with van der Waals surface area (Å²) < 4.78 is 0. The van der Waals surface area contributed by atoms with Crippen molar-refractivity contribution in [2.24, 2.45) is 11.8 Å². The van der Waals surface area contributed by atoms with Gasteiger partial charge in [-0.1, -0.05) is 86.3 Å². The Morgan fingerprint density at radius 2 is 1.47 bits per heavy atom. The Kier molecular flexibility index (Phi) is 11.0. The van der Waals surface area contributed by atoms with Crippen molar-refractivity contribution >= 4 is 28.7 Å². The zero-order valence-corrected chi connectivity index (χ0v) is 20.0. The van der Waals surface area contributed by atoms with Gasteiger partial charge in [-0.3, -0.25) is 14.4 Å². The lowest BCUT2D eigenvalue weighted by atomic mass is 9.97. The molecule has 2 N–H and O–H groups in total. The Balaban J connectivity index is 2.05. The number of rotatable bonds is 12. The van der Waals surface area contributed by atoms with Crippen LogP contribution < -0.4 is 10.6 Å². The number of thioether (sulfide) groups is 1. The highest BCUT2D eigenvalue weighted by atomic mass is 32.2. The van der Waals surface area contributed by atoms with E-state index in [0.717, 1.165) is 29.3 Å². The molecular formula is C26H34N2O3S. The molecule has 2 rings (SSSR count). The van der Waals surface area contributed by atoms with Gasteiger partial charge in [-0.2, -0.15) is 0 Å². The average Bonchev–Trinajstić information content (AvgIpc) is 2.77. The van der Waals surface area contributed by atoms with E-state index in [-0.39, 0.29) is 22.8 Å². The molecule has 32 heavy (non-hydrogen) atoms. The summed E-state index contributed by atoms with van der Waals surface area (Å²) in [7, 11) is 0. The minimum absolute atomic E-state index is 0.00829. The van der Waals surface area contributed by atoms with Crippen LogP contribution in [0.15, 0.2) is 60.7 Å². The van der Waals surface area contributed by atoms with E-state index in [2.05, 4.69) is 24.5 Å². The van der Waals surface area contributed by atoms with Crippen molar-refractivity contribution in [1.29, 1.82) is 0 Å². The predicted molar refractivity (Wildman–Crippen MR) is 131 cm³/mol. The molecule has 172 valence electrons. The molecule has 0 fully saturated rings. The predicted octanol–water partition coefficient (Wildman–Crippen LogP) is 4.01. The summed E-state index contributed by atoms with van der Waals surface area (Å²) in [5.74, 6) is 0.0460. The Hall–Kier alpha value is -2.60. The van der Waals surface area contributed by atoms with Crippen LogP contribution in [-0.4, -0.2) is 35.3 Å². The van der Waals surface area contributed by atoms with E-state index in [1.165, 1.54) is 6.92 Å². The van der Waals surface area contributed by atoms with Crippen molar-refractivity contribution in [3.8, 4) is 0 Å². The Morgan fingerprint density at radius 3 is 2.03 bits per heavy atom. The van der Waals surface area contributed by atoms with Crippen molar-refractivity contribution in [3.05, 3.63) is 71.8 Å². The molecule has 0 aromatic heterocycles. The van der Waals surface area contributed by atoms with Gasteiger partial charge < -0.3 is 10.6 Å². The number of hydrogen-bond acceptors (Lipinski definition) is 4. The van der Waals surface area contributed by atoms with E-state index < -0.39 is 6.04 Å². The molecule has 0 bridgehead atoms. The van der Waals surface area contributed by atoms with E-state index in [4.69, 9.17) is 0 Å². The van der Waals surface area contributed by atoms with Crippen LogP contribution in [0.1, 0.15) is 38.3 Å². The quantitative estimate of drug-likeness (QED) is 0.508. The summed E-state index contributed by atoms with van der Waals surface area (Å²) >= 11 is 1.16. The average molecular weight is 455 g/mol. The second-order valence-corrected chi connectivity index (χ2v) is 9.60. The molecule has 0 aliphatic carbocycles. The van der Waals surface area contributed by atoms with E-state index in [1.807, 2.05) is 60.7 Å². The second-order valence-electron chi connectivity index (χ2n) is 8.41. The lowest BCUT2D eigenvalue weighted by Gasteiger charge is -2.23. The van der Waals surface area contributed by atoms with Crippen molar-refractivity contribution in [2.45, 2.75) is 46.1 Å². The fourth-order valence-electron chi connectivity index (χ4n) is 3.48. The number of nitrogens with one attached hydrogen (secondary N) is 2. The molecule has 0 aliphatic heterocycles. The second kappa shape index (κ2) is 13.7. The molecule has 2 atom stereocenters. The van der Waals surface area contributed by atoms with Crippen molar-refractivity contribution < 1.29 is 14.4 Å². The highest BCUT2D eigenvalue weighted by Gasteiger charge is 2.26. The van der Waals surface area contributed by atoms with Gasteiger partial charge in [0.15, 0.2) is 5.12 Å². The molecule has 2 aromatic carbocycles. The molecule has 2 amide bonds. The van der Waals surface area contributed by atoms with E-state index in [1.54, 1.807) is 0 Å². The monoisotopic (exact) mass is 454 g/mol. The summed E-state index contributed by atoms with van der Waals surface area (Å²) in [5, 5.41) is 5.93. The summed E-state index contributed by atoms with van der Waals surface area (Å²) in [6.45, 7) is 6.11. The van der Waals surface area contributed by atoms with Crippen molar-refractivity contribution in [2.75, 3.05) is 12.3 Å². The molecule has 5 nitrogen and oxygen atoms in total. The zero-order chi connectivity index (χ0) is 23.3. The van der Waals surface area contributed by atoms with Gasteiger partial charge in [0.1, 0.15) is 6.04 Å². The van der Waals surface area contributed by atoms with Crippen LogP contribution in [0.2, 0.25) is 0 Å². The number of hydrogen-bond donors (Lipinski definition) is 2. The van der Waals surface area contributed by atoms with Crippen LogP contribution in [0.3, 0.4) is 0 Å². The lowest BCUT2D eigenvalue weighted by molar-refractivity contribution is -0.131. The van der Waals surface area contributed by atoms with E-state index in [0.29, 0.717) is 31.1 Å². The van der Waals surface area contributed by atoms with Crippen LogP contribution in [-0.2, 0) is 27.2 Å². The minimum Gasteiger partial charge on any atom is -0.354 e. The third kappa shape index (κ3) is 9.69. The highest BCUT2D eigenvalue weighted by molar-refractivity contribution is 8.13. The third-order valence-electron chi connectivity index (χ3n) is 5.09. The topological polar surface area (TPSA) is 75.3 Å². The normalized spacial score (nSPS) is 12.8. The van der Waals surface area contributed by atoms with E-state index in [9.17, 15) is 14.4 Å². The Morgan fingerprint density at radius 1 is 0.875 bits per heavy atom. The molecular weight excluding hydrogens is 420 g/mol. The number of carbonyl (C=O) groups is 3. The minimum atomic E-state index is -0.669. The van der Waals surface area contributed by atoms with Crippen LogP contribution >= 0.6 is 11.8 Å². The summed E-state index contributed by atoms with van der Waals surface area (Å²) in [4.78, 5) is 37.5. The zero-order valence-electron chi connectivity index (χ0n) is 19.2. The molecule has 0 saturated carbocycles. The van der Waals surface area contributed by atoms with Gasteiger partial charge in [0.2, 0.25) is 11.8 Å². The lowest BCUT2D eigenvalue weighted by Crippen LogP contribution is -2.50. The Labute approximate surface area is 195 Å². The first-order valence-corrected chi connectivity index (χ1v) is 12.1. The van der Waals surface area contributed by atoms with Crippen LogP contribution in [0.4, 0.5) is 0 Å². The van der Waals surface area contributed by atoms with Crippen LogP contribution in [0, 0.1) is 11.8 Å². The fraction of sp³-hybridized carbons (Fsp3) is 0.423. The first kappa shape index (κ1) is 25.7. The van der Waals surface area contributed by atoms with Crippen LogP contribution in [0.5, 0.6) is 0 Å². The Bertz CT molecular complexity index is 856. The van der Waals surface area contributed by atoms with Gasteiger partial charge in [-0.05, 0) is 29.9 Å². The van der Waals surface area contributed by atoms with Gasteiger partial charge in [-0.25, -0.2) is 0 Å². The number of benzene rings is 2. The van der Waals surface area contributed by atoms with Crippen LogP contribution in [0.25, 0.3) is 0 Å². The molecule has 0 spiro atoms. The molecule has 2 unspecified atom stereocenters. The maximum atomic E-state index is 13.1. The van der Waals surface area contributed by atoms with Crippen molar-refractivity contribution in [3.63, 3.8) is 0 Å². The fourth-order valence-corrected chi connectivity index (χ4v) is 4.21. The summed E-state index contributed by atoms with van der Waals surface area (Å²) in [6.07, 6.45) is 1.81. The van der Waals surface area contributed by atoms with Gasteiger partial charge in [0, 0.05) is 31.6 Å². The van der Waals surface area contributed by atoms with Gasteiger partial charge in [-0.15, -0.1) is 0 Å². The van der Waals surface area contributed by atoms with E-state index >= 15 is 0 Å². The highest BCUT2D eigenvalue weighted by Crippen LogP contribution is 2.19. The summed E-state index contributed by atoms with van der Waals surface area (Å²) in [5.41, 5.74) is 2.13. The summed E-state index contributed by atoms with van der Waals surface area (Å²) in [6, 6.07) is 19.0. The number of carbonyl (C=O) groups excluding carboxylic acids is 3. The maximum absolute atomic E-state index is 13.1. The molecule has 2 aromatic rings. The molecule has 6 heteroatoms. The molecule has 0 aliphatic rings. The molecule has 0 radical (unpaired) electrons. The largest absolute Gasteiger partial charge is 0.354 e. The standard InChI is InChI=1S/C26H34N2O3S/c1-19(2)16-23(18-32-20(3)29)25(30)28-24(17-22-12-8-5-9-13-22)26(31)27-15-14-21-10-6-4-7-11-21/h4-13,19,23-24H,14-18H2,1-3H3,(H,27,31)(H,28,30). The van der Waals surface area contributed by atoms with Gasteiger partial charge in [0.05, 0.1) is 0 Å². The third-order valence-corrected chi connectivity index (χ3v) is 6.06. The smallest absolute Gasteiger partial charge is 0.242 e. The van der Waals surface area contributed by atoms with Crippen molar-refractivity contribution in [1.82, 2.24) is 10.6 Å². The van der Waals surface area contributed by atoms with Gasteiger partial charge >= 0.3 is 0 Å². The molecule has 0 saturated heterocycles. The SMILES string of the molecule is CC(=O)SCC(CC(C)C)C(=O)NC(Cc1ccccc1)C(=O)NCCc1ccccc1. The molecule has 0 heterocycles. The first-order valence-electron chi connectivity index (χ1n) is 11.1. The van der Waals surface area contributed by atoms with Gasteiger partial charge in [0.25, 0.3) is 0 Å². The number of amides is 2. The first-order chi connectivity index (χ1) is 15.3.